The molecule has 2 aliphatic heterocycles. The number of likely N-dealkylation sites (tertiary alicyclic amines) is 1. The van der Waals surface area contributed by atoms with Crippen LogP contribution in [0, 0.1) is 29.1 Å². The topological polar surface area (TPSA) is 93.5 Å². The minimum absolute atomic E-state index is 0.00889. The molecule has 1 N–H and O–H groups in total. The number of benzene rings is 2. The third kappa shape index (κ3) is 5.51. The first-order valence-corrected chi connectivity index (χ1v) is 16.9. The largest absolute Gasteiger partial charge is 0.371 e. The van der Waals surface area contributed by atoms with Crippen LogP contribution in [-0.4, -0.2) is 63.2 Å². The van der Waals surface area contributed by atoms with Crippen LogP contribution in [0.2, 0.25) is 0 Å². The van der Waals surface area contributed by atoms with Crippen LogP contribution in [0.5, 0.6) is 0 Å². The first-order chi connectivity index (χ1) is 19.8. The van der Waals surface area contributed by atoms with Crippen molar-refractivity contribution in [1.29, 1.82) is 5.26 Å². The van der Waals surface area contributed by atoms with Crippen molar-refractivity contribution >= 4 is 21.4 Å². The Balaban J connectivity index is 1.07. The minimum atomic E-state index is -3.14. The van der Waals surface area contributed by atoms with Gasteiger partial charge in [0.25, 0.3) is 0 Å². The van der Waals surface area contributed by atoms with Gasteiger partial charge in [0.2, 0.25) is 5.91 Å². The van der Waals surface area contributed by atoms with Crippen LogP contribution < -0.4 is 10.2 Å². The second-order valence-electron chi connectivity index (χ2n) is 12.8. The molecule has 2 saturated heterocycles. The van der Waals surface area contributed by atoms with E-state index in [9.17, 15) is 18.5 Å². The van der Waals surface area contributed by atoms with Crippen molar-refractivity contribution in [2.45, 2.75) is 73.5 Å². The van der Waals surface area contributed by atoms with E-state index in [2.05, 4.69) is 33.3 Å². The smallest absolute Gasteiger partial charge is 0.217 e. The van der Waals surface area contributed by atoms with E-state index in [1.165, 1.54) is 0 Å². The van der Waals surface area contributed by atoms with Gasteiger partial charge in [-0.15, -0.1) is 0 Å². The maximum atomic E-state index is 12.5. The summed E-state index contributed by atoms with van der Waals surface area (Å²) < 4.78 is 25.0. The van der Waals surface area contributed by atoms with E-state index in [1.54, 1.807) is 19.1 Å². The summed E-state index contributed by atoms with van der Waals surface area (Å²) in [5, 5.41) is 13.9. The fourth-order valence-corrected chi connectivity index (χ4v) is 9.55. The van der Waals surface area contributed by atoms with Crippen molar-refractivity contribution in [2.24, 2.45) is 17.8 Å². The lowest BCUT2D eigenvalue weighted by atomic mass is 9.59. The standard InChI is InChI=1S/C33H42N4O3S/c1-24(38)35-32-9-5-8-31(32)33(23-34,26-6-3-2-4-7-26)27-16-18-36(19-17-27)20-25-21-37(22-25)28-10-12-29(13-11-28)41(39,40)30-14-15-30/h2-4,6-7,10-13,25,27,30-32H,5,8-9,14-22H2,1H3,(H,35,38)/t31-,32-,33?/m1/s1. The lowest BCUT2D eigenvalue weighted by Gasteiger charge is -2.48. The molecule has 4 aliphatic rings. The second-order valence-corrected chi connectivity index (χ2v) is 15.0. The van der Waals surface area contributed by atoms with Gasteiger partial charge in [-0.1, -0.05) is 36.8 Å². The number of hydrogen-bond donors (Lipinski definition) is 1. The van der Waals surface area contributed by atoms with Gasteiger partial charge >= 0.3 is 0 Å². The highest BCUT2D eigenvalue weighted by Gasteiger charge is 2.52. The van der Waals surface area contributed by atoms with E-state index in [-0.39, 0.29) is 29.0 Å². The van der Waals surface area contributed by atoms with E-state index < -0.39 is 15.3 Å². The summed E-state index contributed by atoms with van der Waals surface area (Å²) in [4.78, 5) is 17.4. The third-order valence-corrected chi connectivity index (χ3v) is 12.4. The molecule has 2 aromatic rings. The average Bonchev–Trinajstić information content (AvgIpc) is 3.74. The zero-order valence-electron chi connectivity index (χ0n) is 24.0. The molecule has 218 valence electrons. The molecule has 0 aromatic heterocycles. The highest BCUT2D eigenvalue weighted by molar-refractivity contribution is 7.92. The number of hydrogen-bond acceptors (Lipinski definition) is 6. The zero-order chi connectivity index (χ0) is 28.6. The number of amides is 1. The number of anilines is 1. The molecule has 8 heteroatoms. The predicted molar refractivity (Wildman–Crippen MR) is 160 cm³/mol. The number of piperidine rings is 1. The normalized spacial score (nSPS) is 25.7. The predicted octanol–water partition coefficient (Wildman–Crippen LogP) is 4.54. The quantitative estimate of drug-likeness (QED) is 0.473. The summed E-state index contributed by atoms with van der Waals surface area (Å²) in [5.74, 6) is 0.968. The molecule has 2 aliphatic carbocycles. The van der Waals surface area contributed by atoms with Gasteiger partial charge < -0.3 is 15.1 Å². The summed E-state index contributed by atoms with van der Waals surface area (Å²) in [6.07, 6.45) is 6.50. The van der Waals surface area contributed by atoms with E-state index >= 15 is 0 Å². The Morgan fingerprint density at radius 1 is 0.976 bits per heavy atom. The highest BCUT2D eigenvalue weighted by Crippen LogP contribution is 2.50. The Labute approximate surface area is 244 Å². The average molecular weight is 575 g/mol. The van der Waals surface area contributed by atoms with Gasteiger partial charge in [-0.05, 0) is 87.4 Å². The van der Waals surface area contributed by atoms with E-state index in [1.807, 2.05) is 30.3 Å². The van der Waals surface area contributed by atoms with Crippen molar-refractivity contribution in [1.82, 2.24) is 10.2 Å². The van der Waals surface area contributed by atoms with Crippen molar-refractivity contribution in [3.63, 3.8) is 0 Å². The number of nitrogens with one attached hydrogen (secondary N) is 1. The SMILES string of the molecule is CC(=O)N[C@@H]1CCC[C@H]1C(C#N)(c1ccccc1)C1CCN(CC2CN(c3ccc(S(=O)(=O)C4CC4)cc3)C2)CC1. The molecule has 3 atom stereocenters. The molecule has 1 amide bonds. The van der Waals surface area contributed by atoms with Crippen LogP contribution in [0.1, 0.15) is 57.4 Å². The van der Waals surface area contributed by atoms with Gasteiger partial charge in [0.1, 0.15) is 0 Å². The molecule has 2 aromatic carbocycles. The highest BCUT2D eigenvalue weighted by atomic mass is 32.2. The first kappa shape index (κ1) is 28.2. The minimum Gasteiger partial charge on any atom is -0.371 e. The van der Waals surface area contributed by atoms with Crippen LogP contribution in [0.4, 0.5) is 5.69 Å². The number of rotatable bonds is 9. The first-order valence-electron chi connectivity index (χ1n) is 15.4. The molecule has 1 unspecified atom stereocenters. The van der Waals surface area contributed by atoms with Crippen LogP contribution >= 0.6 is 0 Å². The van der Waals surface area contributed by atoms with E-state index in [0.29, 0.717) is 10.8 Å². The van der Waals surface area contributed by atoms with Crippen molar-refractivity contribution < 1.29 is 13.2 Å². The van der Waals surface area contributed by atoms with E-state index in [0.717, 1.165) is 88.9 Å². The summed E-state index contributed by atoms with van der Waals surface area (Å²) in [5.41, 5.74) is 1.61. The zero-order valence-corrected chi connectivity index (χ0v) is 24.9. The molecular formula is C33H42N4O3S. The van der Waals surface area contributed by atoms with E-state index in [4.69, 9.17) is 0 Å². The van der Waals surface area contributed by atoms with Gasteiger partial charge in [-0.25, -0.2) is 8.42 Å². The van der Waals surface area contributed by atoms with Crippen molar-refractivity contribution in [3.8, 4) is 6.07 Å². The van der Waals surface area contributed by atoms with Crippen LogP contribution in [0.15, 0.2) is 59.5 Å². The second kappa shape index (κ2) is 11.4. The molecule has 4 fully saturated rings. The van der Waals surface area contributed by atoms with Gasteiger partial charge in [-0.3, -0.25) is 4.79 Å². The fourth-order valence-electron chi connectivity index (χ4n) is 7.89. The molecular weight excluding hydrogens is 532 g/mol. The molecule has 7 nitrogen and oxygen atoms in total. The summed E-state index contributed by atoms with van der Waals surface area (Å²) in [6, 6.07) is 20.7. The monoisotopic (exact) mass is 574 g/mol. The Kier molecular flexibility index (Phi) is 7.86. The Morgan fingerprint density at radius 2 is 1.66 bits per heavy atom. The van der Waals surface area contributed by atoms with Gasteiger partial charge in [0.05, 0.1) is 21.6 Å². The maximum absolute atomic E-state index is 12.5. The summed E-state index contributed by atoms with van der Waals surface area (Å²) in [6.45, 7) is 6.59. The number of carbonyl (C=O) groups excluding carboxylic acids is 1. The molecule has 0 radical (unpaired) electrons. The molecule has 2 heterocycles. The summed E-state index contributed by atoms with van der Waals surface area (Å²) >= 11 is 0. The van der Waals surface area contributed by atoms with Crippen molar-refractivity contribution in [3.05, 3.63) is 60.2 Å². The molecule has 6 rings (SSSR count). The number of nitriles is 1. The number of carbonyl (C=O) groups is 1. The molecule has 41 heavy (non-hydrogen) atoms. The summed E-state index contributed by atoms with van der Waals surface area (Å²) in [7, 11) is -3.14. The molecule has 0 bridgehead atoms. The lowest BCUT2D eigenvalue weighted by molar-refractivity contribution is -0.120. The van der Waals surface area contributed by atoms with Crippen molar-refractivity contribution in [2.75, 3.05) is 37.6 Å². The Bertz CT molecular complexity index is 1370. The third-order valence-electron chi connectivity index (χ3n) is 10.1. The number of sulfone groups is 1. The van der Waals surface area contributed by atoms with Crippen LogP contribution in [-0.2, 0) is 20.0 Å². The molecule has 0 spiro atoms. The van der Waals surface area contributed by atoms with Crippen LogP contribution in [0.25, 0.3) is 0 Å². The Morgan fingerprint density at radius 3 is 2.27 bits per heavy atom. The molecule has 2 saturated carbocycles. The van der Waals surface area contributed by atoms with Gasteiger partial charge in [0, 0.05) is 50.1 Å². The van der Waals surface area contributed by atoms with Gasteiger partial charge in [-0.2, -0.15) is 5.26 Å². The van der Waals surface area contributed by atoms with Crippen LogP contribution in [0.3, 0.4) is 0 Å². The lowest BCUT2D eigenvalue weighted by Crippen LogP contribution is -2.55. The van der Waals surface area contributed by atoms with Gasteiger partial charge in [0.15, 0.2) is 9.84 Å². The number of nitrogens with zero attached hydrogens (tertiary/aromatic N) is 3. The maximum Gasteiger partial charge on any atom is 0.217 e. The Hall–Kier alpha value is -2.89. The fraction of sp³-hybridized carbons (Fsp3) is 0.576.